The zero-order valence-electron chi connectivity index (χ0n) is 36.5. The van der Waals surface area contributed by atoms with Crippen LogP contribution in [0.1, 0.15) is 46.0 Å². The van der Waals surface area contributed by atoms with E-state index in [9.17, 15) is 5.11 Å². The highest BCUT2D eigenvalue weighted by atomic mass is 16.5. The fraction of sp³-hybridized carbons (Fsp3) is 0.241. The fourth-order valence-electron chi connectivity index (χ4n) is 10.2. The Labute approximate surface area is 379 Å². The third kappa shape index (κ3) is 7.60. The molecule has 8 aromatic rings. The summed E-state index contributed by atoms with van der Waals surface area (Å²) in [4.78, 5) is 17.3. The molecular formula is C54H52N6O5. The van der Waals surface area contributed by atoms with Crippen molar-refractivity contribution in [2.24, 2.45) is 0 Å². The Morgan fingerprint density at radius 3 is 1.62 bits per heavy atom. The van der Waals surface area contributed by atoms with Crippen molar-refractivity contribution in [2.75, 3.05) is 45.8 Å². The number of nitrogens with one attached hydrogen (secondary N) is 1. The molecule has 11 nitrogen and oxygen atoms in total. The van der Waals surface area contributed by atoms with Crippen molar-refractivity contribution in [2.45, 2.75) is 41.9 Å². The molecule has 328 valence electrons. The SMILES string of the molecule is COc1ccc(C(Nc2ncnc3c2ncn3[C@@H]2O[C@H](C(O)C(c3ccccc3)(c3ccccc3)c3ccc(OC)cc3)CC2N2CCOCC2)(c2ccccc2)c2ccccc2)cc1. The normalized spacial score (nSPS) is 18.6. The van der Waals surface area contributed by atoms with Crippen molar-refractivity contribution in [3.05, 3.63) is 216 Å². The van der Waals surface area contributed by atoms with Gasteiger partial charge in [-0.05, 0) is 64.1 Å². The van der Waals surface area contributed by atoms with E-state index in [2.05, 4.69) is 107 Å². The van der Waals surface area contributed by atoms with Crippen LogP contribution in [0.5, 0.6) is 11.5 Å². The second kappa shape index (κ2) is 18.3. The lowest BCUT2D eigenvalue weighted by molar-refractivity contribution is -0.0858. The maximum Gasteiger partial charge on any atom is 0.167 e. The molecule has 0 spiro atoms. The molecule has 0 radical (unpaired) electrons. The first-order valence-electron chi connectivity index (χ1n) is 22.2. The van der Waals surface area contributed by atoms with Crippen molar-refractivity contribution in [3.8, 4) is 11.5 Å². The van der Waals surface area contributed by atoms with Crippen molar-refractivity contribution in [1.82, 2.24) is 24.4 Å². The first-order chi connectivity index (χ1) is 32.0. The van der Waals surface area contributed by atoms with Crippen LogP contribution >= 0.6 is 0 Å². The van der Waals surface area contributed by atoms with Crippen LogP contribution in [-0.2, 0) is 20.4 Å². The quantitative estimate of drug-likeness (QED) is 0.103. The van der Waals surface area contributed by atoms with E-state index in [4.69, 9.17) is 33.9 Å². The molecule has 4 atom stereocenters. The summed E-state index contributed by atoms with van der Waals surface area (Å²) in [6, 6.07) is 57.3. The van der Waals surface area contributed by atoms with Crippen LogP contribution in [0, 0.1) is 0 Å². The average Bonchev–Trinajstić information content (AvgIpc) is 4.03. The van der Waals surface area contributed by atoms with E-state index in [0.29, 0.717) is 36.6 Å². The fourth-order valence-corrected chi connectivity index (χ4v) is 10.2. The number of hydrogen-bond donors (Lipinski definition) is 2. The monoisotopic (exact) mass is 864 g/mol. The molecule has 10 rings (SSSR count). The number of imidazole rings is 1. The lowest BCUT2D eigenvalue weighted by Crippen LogP contribution is -2.49. The molecule has 65 heavy (non-hydrogen) atoms. The lowest BCUT2D eigenvalue weighted by Gasteiger charge is -2.42. The van der Waals surface area contributed by atoms with Crippen molar-refractivity contribution >= 4 is 17.0 Å². The summed E-state index contributed by atoms with van der Waals surface area (Å²) >= 11 is 0. The van der Waals surface area contributed by atoms with Gasteiger partial charge in [0.2, 0.25) is 0 Å². The maximum absolute atomic E-state index is 13.4. The Morgan fingerprint density at radius 1 is 0.615 bits per heavy atom. The third-order valence-corrected chi connectivity index (χ3v) is 13.3. The molecule has 6 aromatic carbocycles. The molecular weight excluding hydrogens is 813 g/mol. The number of morpholine rings is 1. The Kier molecular flexibility index (Phi) is 11.9. The number of ether oxygens (including phenoxy) is 4. The second-order valence-electron chi connectivity index (χ2n) is 16.6. The molecule has 2 aliphatic heterocycles. The number of fused-ring (bicyclic) bond motifs is 1. The first-order valence-corrected chi connectivity index (χ1v) is 22.2. The minimum atomic E-state index is -1.03. The smallest absolute Gasteiger partial charge is 0.167 e. The Hall–Kier alpha value is -6.89. The van der Waals surface area contributed by atoms with Gasteiger partial charge in [0.25, 0.3) is 0 Å². The van der Waals surface area contributed by atoms with Crippen LogP contribution in [0.2, 0.25) is 0 Å². The van der Waals surface area contributed by atoms with Gasteiger partial charge in [0.05, 0.1) is 57.4 Å². The van der Waals surface area contributed by atoms with Crippen LogP contribution in [-0.4, -0.2) is 88.3 Å². The van der Waals surface area contributed by atoms with Gasteiger partial charge in [-0.25, -0.2) is 15.0 Å². The molecule has 0 bridgehead atoms. The van der Waals surface area contributed by atoms with E-state index < -0.39 is 29.4 Å². The summed E-state index contributed by atoms with van der Waals surface area (Å²) in [5.74, 6) is 2.05. The van der Waals surface area contributed by atoms with Gasteiger partial charge in [0.15, 0.2) is 23.2 Å². The number of methoxy groups -OCH3 is 2. The molecule has 2 aromatic heterocycles. The Balaban J connectivity index is 1.09. The van der Waals surface area contributed by atoms with Gasteiger partial charge in [0, 0.05) is 13.1 Å². The van der Waals surface area contributed by atoms with Crippen molar-refractivity contribution in [1.29, 1.82) is 0 Å². The van der Waals surface area contributed by atoms with Gasteiger partial charge in [0.1, 0.15) is 23.4 Å². The van der Waals surface area contributed by atoms with Crippen LogP contribution < -0.4 is 14.8 Å². The Morgan fingerprint density at radius 2 is 1.09 bits per heavy atom. The highest BCUT2D eigenvalue weighted by Crippen LogP contribution is 2.48. The Bertz CT molecular complexity index is 2710. The number of rotatable bonds is 14. The molecule has 0 aliphatic carbocycles. The van der Waals surface area contributed by atoms with Crippen molar-refractivity contribution < 1.29 is 24.1 Å². The van der Waals surface area contributed by atoms with Crippen molar-refractivity contribution in [3.63, 3.8) is 0 Å². The molecule has 2 saturated heterocycles. The van der Waals surface area contributed by atoms with Crippen LogP contribution in [0.4, 0.5) is 5.82 Å². The van der Waals surface area contributed by atoms with E-state index in [0.717, 1.165) is 58.0 Å². The summed E-state index contributed by atoms with van der Waals surface area (Å²) in [5, 5.41) is 17.3. The summed E-state index contributed by atoms with van der Waals surface area (Å²) in [7, 11) is 3.34. The largest absolute Gasteiger partial charge is 0.497 e. The zero-order chi connectivity index (χ0) is 44.2. The average molecular weight is 865 g/mol. The van der Waals surface area contributed by atoms with E-state index in [1.807, 2.05) is 83.7 Å². The molecule has 11 heteroatoms. The number of nitrogens with zero attached hydrogens (tertiary/aromatic N) is 5. The molecule has 0 saturated carbocycles. The third-order valence-electron chi connectivity index (χ3n) is 13.3. The summed E-state index contributed by atoms with van der Waals surface area (Å²) in [5.41, 5.74) is 5.14. The lowest BCUT2D eigenvalue weighted by atomic mass is 9.64. The van der Waals surface area contributed by atoms with E-state index >= 15 is 0 Å². The summed E-state index contributed by atoms with van der Waals surface area (Å²) in [6.07, 6.45) is 1.73. The van der Waals surface area contributed by atoms with Crippen LogP contribution in [0.3, 0.4) is 0 Å². The number of aromatic nitrogens is 4. The highest BCUT2D eigenvalue weighted by Gasteiger charge is 2.52. The second-order valence-corrected chi connectivity index (χ2v) is 16.6. The highest BCUT2D eigenvalue weighted by molar-refractivity contribution is 5.84. The molecule has 2 unspecified atom stereocenters. The van der Waals surface area contributed by atoms with E-state index in [1.165, 1.54) is 0 Å². The number of hydrogen-bond acceptors (Lipinski definition) is 10. The molecule has 4 heterocycles. The van der Waals surface area contributed by atoms with Gasteiger partial charge >= 0.3 is 0 Å². The standard InChI is InChI=1S/C54H52N6O5/c1-62-44-27-23-40(24-28-44)53(38-15-7-3-8-16-38,39-17-9-4-10-18-39)49(61)47-35-46(59-31-33-64-34-32-59)52(65-47)60-37-57-48-50(55-36-56-51(48)60)58-54(41-19-11-5-12-20-41,42-21-13-6-14-22-42)43-25-29-45(63-2)30-26-43/h3-30,36-37,46-47,49,52,61H,31-35H2,1-2H3,(H,55,56,58)/t46?,47-,49?,52+/m0/s1. The number of benzene rings is 6. The van der Waals surface area contributed by atoms with E-state index in [-0.39, 0.29) is 6.04 Å². The molecule has 0 amide bonds. The molecule has 2 fully saturated rings. The zero-order valence-corrected chi connectivity index (χ0v) is 36.5. The predicted octanol–water partition coefficient (Wildman–Crippen LogP) is 8.63. The van der Waals surface area contributed by atoms with Crippen LogP contribution in [0.25, 0.3) is 11.2 Å². The number of aliphatic hydroxyl groups excluding tert-OH is 1. The molecule has 2 aliphatic rings. The summed E-state index contributed by atoms with van der Waals surface area (Å²) < 4.78 is 26.4. The summed E-state index contributed by atoms with van der Waals surface area (Å²) in [6.45, 7) is 2.66. The van der Waals surface area contributed by atoms with Gasteiger partial charge in [-0.3, -0.25) is 9.47 Å². The van der Waals surface area contributed by atoms with Crippen LogP contribution in [0.15, 0.2) is 183 Å². The van der Waals surface area contributed by atoms with Gasteiger partial charge < -0.3 is 29.4 Å². The number of aliphatic hydroxyl groups is 1. The predicted molar refractivity (Wildman–Crippen MR) is 251 cm³/mol. The minimum Gasteiger partial charge on any atom is -0.497 e. The van der Waals surface area contributed by atoms with Gasteiger partial charge in [-0.15, -0.1) is 0 Å². The topological polar surface area (TPSA) is 116 Å². The van der Waals surface area contributed by atoms with E-state index in [1.54, 1.807) is 20.5 Å². The maximum atomic E-state index is 13.4. The van der Waals surface area contributed by atoms with Gasteiger partial charge in [-0.2, -0.15) is 0 Å². The molecule has 2 N–H and O–H groups in total. The van der Waals surface area contributed by atoms with Gasteiger partial charge in [-0.1, -0.05) is 146 Å². The minimum absolute atomic E-state index is 0.144. The first kappa shape index (κ1) is 42.1. The number of anilines is 1.